The van der Waals surface area contributed by atoms with Crippen molar-refractivity contribution in [3.05, 3.63) is 30.3 Å². The standard InChI is InChI=1S/C23H29FN4O7S/c1-13(2)34-23(29)28-14-7-16(8-15(28)11-33-10-14)35-22-20(32-3)21(25-12-26-22)27-19-6-5-17(9-18(19)24)36(4,30)31/h5-6,9,12-16H,7-8,10-11H2,1-4H3,(H,25,26,27). The van der Waals surface area contributed by atoms with Crippen molar-refractivity contribution in [2.45, 2.75) is 55.9 Å². The maximum absolute atomic E-state index is 14.6. The Labute approximate surface area is 208 Å². The first-order valence-corrected chi connectivity index (χ1v) is 13.3. The van der Waals surface area contributed by atoms with Gasteiger partial charge in [-0.2, -0.15) is 4.98 Å². The molecule has 1 aromatic heterocycles. The number of hydrogen-bond acceptors (Lipinski definition) is 10. The Morgan fingerprint density at radius 1 is 1.22 bits per heavy atom. The van der Waals surface area contributed by atoms with E-state index in [0.717, 1.165) is 12.3 Å². The van der Waals surface area contributed by atoms with Gasteiger partial charge in [-0.3, -0.25) is 4.90 Å². The molecule has 2 aliphatic heterocycles. The topological polar surface area (TPSA) is 129 Å². The second-order valence-corrected chi connectivity index (χ2v) is 11.0. The predicted molar refractivity (Wildman–Crippen MR) is 127 cm³/mol. The van der Waals surface area contributed by atoms with Crippen LogP contribution in [0.5, 0.6) is 11.6 Å². The molecule has 11 nitrogen and oxygen atoms in total. The third-order valence-electron chi connectivity index (χ3n) is 5.90. The fraction of sp³-hybridized carbons (Fsp3) is 0.522. The Bertz CT molecular complexity index is 1210. The lowest BCUT2D eigenvalue weighted by atomic mass is 9.92. The van der Waals surface area contributed by atoms with Crippen LogP contribution in [-0.4, -0.2) is 80.2 Å². The Balaban J connectivity index is 1.51. The van der Waals surface area contributed by atoms with E-state index in [4.69, 9.17) is 18.9 Å². The molecule has 2 atom stereocenters. The van der Waals surface area contributed by atoms with Crippen molar-refractivity contribution < 1.29 is 36.6 Å². The van der Waals surface area contributed by atoms with Crippen LogP contribution in [0, 0.1) is 5.82 Å². The van der Waals surface area contributed by atoms with Crippen LogP contribution in [0.15, 0.2) is 29.4 Å². The highest BCUT2D eigenvalue weighted by molar-refractivity contribution is 7.90. The number of nitrogens with zero attached hydrogens (tertiary/aromatic N) is 3. The first-order chi connectivity index (χ1) is 17.1. The fourth-order valence-corrected chi connectivity index (χ4v) is 4.98. The number of anilines is 2. The van der Waals surface area contributed by atoms with Crippen molar-refractivity contribution in [2.24, 2.45) is 0 Å². The van der Waals surface area contributed by atoms with Crippen LogP contribution in [0.1, 0.15) is 26.7 Å². The van der Waals surface area contributed by atoms with E-state index in [1.54, 1.807) is 18.7 Å². The van der Waals surface area contributed by atoms with Gasteiger partial charge in [-0.15, -0.1) is 0 Å². The van der Waals surface area contributed by atoms with Gasteiger partial charge in [-0.1, -0.05) is 0 Å². The Morgan fingerprint density at radius 2 is 1.92 bits per heavy atom. The zero-order valence-electron chi connectivity index (χ0n) is 20.4. The van der Waals surface area contributed by atoms with Crippen LogP contribution >= 0.6 is 0 Å². The number of fused-ring (bicyclic) bond motifs is 2. The molecule has 2 aliphatic rings. The van der Waals surface area contributed by atoms with Gasteiger partial charge in [-0.05, 0) is 32.0 Å². The lowest BCUT2D eigenvalue weighted by Crippen LogP contribution is -2.61. The van der Waals surface area contributed by atoms with E-state index in [9.17, 15) is 17.6 Å². The molecule has 3 heterocycles. The second-order valence-electron chi connectivity index (χ2n) is 9.00. The molecule has 1 aromatic carbocycles. The van der Waals surface area contributed by atoms with E-state index in [0.29, 0.717) is 26.1 Å². The van der Waals surface area contributed by atoms with Gasteiger partial charge in [0.1, 0.15) is 18.2 Å². The molecule has 196 valence electrons. The molecular formula is C23H29FN4O7S. The number of halogens is 1. The minimum absolute atomic E-state index is 0.00834. The molecule has 2 aromatic rings. The number of methoxy groups -OCH3 is 1. The van der Waals surface area contributed by atoms with Crippen LogP contribution in [0.3, 0.4) is 0 Å². The number of aromatic nitrogens is 2. The number of sulfone groups is 1. The number of rotatable bonds is 7. The number of amides is 1. The molecule has 2 unspecified atom stereocenters. The molecule has 0 spiro atoms. The Hall–Kier alpha value is -3.19. The summed E-state index contributed by atoms with van der Waals surface area (Å²) in [6, 6.07) is 3.12. The van der Waals surface area contributed by atoms with Crippen LogP contribution in [0.2, 0.25) is 0 Å². The monoisotopic (exact) mass is 524 g/mol. The van der Waals surface area contributed by atoms with Crippen molar-refractivity contribution in [1.82, 2.24) is 14.9 Å². The normalized spacial score (nSPS) is 21.7. The largest absolute Gasteiger partial charge is 0.489 e. The molecular weight excluding hydrogens is 495 g/mol. The lowest BCUT2D eigenvalue weighted by Gasteiger charge is -2.47. The molecule has 2 bridgehead atoms. The molecule has 2 fully saturated rings. The molecule has 13 heteroatoms. The minimum atomic E-state index is -3.55. The van der Waals surface area contributed by atoms with E-state index < -0.39 is 15.7 Å². The summed E-state index contributed by atoms with van der Waals surface area (Å²) in [5.41, 5.74) is 0.00834. The van der Waals surface area contributed by atoms with Crippen LogP contribution in [-0.2, 0) is 19.3 Å². The third-order valence-corrected chi connectivity index (χ3v) is 7.01. The maximum atomic E-state index is 14.6. The molecule has 36 heavy (non-hydrogen) atoms. The fourth-order valence-electron chi connectivity index (χ4n) is 4.35. The molecule has 1 amide bonds. The van der Waals surface area contributed by atoms with Crippen molar-refractivity contribution in [3.63, 3.8) is 0 Å². The van der Waals surface area contributed by atoms with Crippen molar-refractivity contribution >= 4 is 27.4 Å². The number of carbonyl (C=O) groups is 1. The quantitative estimate of drug-likeness (QED) is 0.577. The van der Waals surface area contributed by atoms with Gasteiger partial charge in [0, 0.05) is 19.1 Å². The number of carbonyl (C=O) groups excluding carboxylic acids is 1. The number of piperidine rings is 1. The molecule has 0 saturated carbocycles. The zero-order valence-corrected chi connectivity index (χ0v) is 21.2. The average molecular weight is 525 g/mol. The summed E-state index contributed by atoms with van der Waals surface area (Å²) in [5.74, 6) is -0.304. The maximum Gasteiger partial charge on any atom is 0.410 e. The van der Waals surface area contributed by atoms with Gasteiger partial charge >= 0.3 is 6.09 Å². The van der Waals surface area contributed by atoms with Gasteiger partial charge in [-0.25, -0.2) is 22.6 Å². The Morgan fingerprint density at radius 3 is 2.50 bits per heavy atom. The van der Waals surface area contributed by atoms with E-state index in [1.165, 1.54) is 25.6 Å². The number of nitrogens with one attached hydrogen (secondary N) is 1. The molecule has 1 N–H and O–H groups in total. The van der Waals surface area contributed by atoms with E-state index >= 15 is 0 Å². The van der Waals surface area contributed by atoms with Crippen molar-refractivity contribution in [3.8, 4) is 11.6 Å². The number of ether oxygens (including phenoxy) is 4. The summed E-state index contributed by atoms with van der Waals surface area (Å²) in [7, 11) is -2.14. The number of hydrogen-bond donors (Lipinski definition) is 1. The highest BCUT2D eigenvalue weighted by atomic mass is 32.2. The van der Waals surface area contributed by atoms with Gasteiger partial charge < -0.3 is 24.3 Å². The molecule has 4 rings (SSSR count). The summed E-state index contributed by atoms with van der Waals surface area (Å²) in [4.78, 5) is 22.5. The second kappa shape index (κ2) is 10.4. The minimum Gasteiger partial charge on any atom is -0.489 e. The highest BCUT2D eigenvalue weighted by Crippen LogP contribution is 2.37. The third kappa shape index (κ3) is 5.62. The SMILES string of the molecule is COc1c(Nc2ccc(S(C)(=O)=O)cc2F)ncnc1OC1CC2COCC(C1)N2C(=O)OC(C)C. The first-order valence-electron chi connectivity index (χ1n) is 11.5. The number of benzene rings is 1. The van der Waals surface area contributed by atoms with Gasteiger partial charge in [0.25, 0.3) is 5.88 Å². The zero-order chi connectivity index (χ0) is 26.0. The van der Waals surface area contributed by atoms with Crippen LogP contribution < -0.4 is 14.8 Å². The average Bonchev–Trinajstić information content (AvgIpc) is 2.79. The molecule has 0 radical (unpaired) electrons. The summed E-state index contributed by atoms with van der Waals surface area (Å²) in [6.07, 6.45) is 2.39. The molecule has 2 saturated heterocycles. The van der Waals surface area contributed by atoms with Gasteiger partial charge in [0.15, 0.2) is 15.7 Å². The van der Waals surface area contributed by atoms with E-state index in [-0.39, 0.29) is 58.4 Å². The Kier molecular flexibility index (Phi) is 7.50. The van der Waals surface area contributed by atoms with Crippen molar-refractivity contribution in [1.29, 1.82) is 0 Å². The first kappa shape index (κ1) is 25.9. The predicted octanol–water partition coefficient (Wildman–Crippen LogP) is 2.93. The van der Waals surface area contributed by atoms with E-state index in [2.05, 4.69) is 15.3 Å². The van der Waals surface area contributed by atoms with E-state index in [1.807, 2.05) is 0 Å². The summed E-state index contributed by atoms with van der Waals surface area (Å²) in [5, 5.41) is 2.81. The van der Waals surface area contributed by atoms with Gasteiger partial charge in [0.2, 0.25) is 5.75 Å². The van der Waals surface area contributed by atoms with Crippen LogP contribution in [0.4, 0.5) is 20.7 Å². The van der Waals surface area contributed by atoms with Crippen LogP contribution in [0.25, 0.3) is 0 Å². The lowest BCUT2D eigenvalue weighted by molar-refractivity contribution is -0.0935. The summed E-state index contributed by atoms with van der Waals surface area (Å²) < 4.78 is 60.7. The highest BCUT2D eigenvalue weighted by Gasteiger charge is 2.44. The smallest absolute Gasteiger partial charge is 0.410 e. The number of morpholine rings is 1. The van der Waals surface area contributed by atoms with Crippen molar-refractivity contribution in [2.75, 3.05) is 31.9 Å². The summed E-state index contributed by atoms with van der Waals surface area (Å²) >= 11 is 0. The molecule has 0 aliphatic carbocycles. The summed E-state index contributed by atoms with van der Waals surface area (Å²) in [6.45, 7) is 4.36. The van der Waals surface area contributed by atoms with Gasteiger partial charge in [0.05, 0.1) is 49.1 Å².